The lowest BCUT2D eigenvalue weighted by Crippen LogP contribution is -2.45. The SMILES string of the molecule is CSc1ccc(-c2noc(C3=C(C)N(Cc4ccccc4)C(=O)NC3c3ccc(C)cc3)n2)cc1. The number of thioether (sulfide) groups is 1. The fourth-order valence-electron chi connectivity index (χ4n) is 4.21. The van der Waals surface area contributed by atoms with E-state index in [9.17, 15) is 4.79 Å². The van der Waals surface area contributed by atoms with Crippen LogP contribution in [0.2, 0.25) is 0 Å². The van der Waals surface area contributed by atoms with Gasteiger partial charge >= 0.3 is 6.03 Å². The highest BCUT2D eigenvalue weighted by molar-refractivity contribution is 7.98. The van der Waals surface area contributed by atoms with Gasteiger partial charge < -0.3 is 9.84 Å². The fourth-order valence-corrected chi connectivity index (χ4v) is 4.62. The maximum absolute atomic E-state index is 13.2. The smallest absolute Gasteiger partial charge is 0.322 e. The number of aromatic nitrogens is 2. The third-order valence-electron chi connectivity index (χ3n) is 6.20. The molecule has 1 unspecified atom stereocenters. The molecule has 35 heavy (non-hydrogen) atoms. The van der Waals surface area contributed by atoms with Crippen molar-refractivity contribution in [1.82, 2.24) is 20.4 Å². The van der Waals surface area contributed by atoms with Crippen molar-refractivity contribution < 1.29 is 9.32 Å². The predicted octanol–water partition coefficient (Wildman–Crippen LogP) is 6.46. The average Bonchev–Trinajstić information content (AvgIpc) is 3.37. The molecule has 1 aromatic heterocycles. The lowest BCUT2D eigenvalue weighted by molar-refractivity contribution is 0.203. The summed E-state index contributed by atoms with van der Waals surface area (Å²) in [5, 5.41) is 7.43. The van der Waals surface area contributed by atoms with Gasteiger partial charge in [-0.1, -0.05) is 65.3 Å². The maximum Gasteiger partial charge on any atom is 0.322 e. The molecule has 4 aromatic rings. The van der Waals surface area contributed by atoms with Crippen LogP contribution in [0.4, 0.5) is 4.79 Å². The first kappa shape index (κ1) is 22.9. The van der Waals surface area contributed by atoms with Gasteiger partial charge in [0.05, 0.1) is 18.2 Å². The Morgan fingerprint density at radius 3 is 2.37 bits per heavy atom. The lowest BCUT2D eigenvalue weighted by Gasteiger charge is -2.35. The minimum absolute atomic E-state index is 0.159. The average molecular weight is 483 g/mol. The van der Waals surface area contributed by atoms with Gasteiger partial charge in [0.25, 0.3) is 5.89 Å². The molecule has 1 aliphatic heterocycles. The molecule has 0 spiro atoms. The van der Waals surface area contributed by atoms with Crippen molar-refractivity contribution >= 4 is 23.4 Å². The Hall–Kier alpha value is -3.84. The second-order valence-electron chi connectivity index (χ2n) is 8.52. The Labute approximate surface area is 209 Å². The molecule has 1 aliphatic rings. The summed E-state index contributed by atoms with van der Waals surface area (Å²) in [7, 11) is 0. The van der Waals surface area contributed by atoms with Crippen molar-refractivity contribution in [3.63, 3.8) is 0 Å². The molecule has 0 bridgehead atoms. The number of urea groups is 1. The summed E-state index contributed by atoms with van der Waals surface area (Å²) < 4.78 is 5.79. The zero-order chi connectivity index (χ0) is 24.4. The summed E-state index contributed by atoms with van der Waals surface area (Å²) in [6, 6.07) is 25.6. The number of nitrogens with zero attached hydrogens (tertiary/aromatic N) is 3. The van der Waals surface area contributed by atoms with Crippen molar-refractivity contribution in [2.24, 2.45) is 0 Å². The summed E-state index contributed by atoms with van der Waals surface area (Å²) >= 11 is 1.68. The molecule has 0 aliphatic carbocycles. The van der Waals surface area contributed by atoms with Crippen molar-refractivity contribution in [2.75, 3.05) is 6.26 Å². The molecule has 176 valence electrons. The van der Waals surface area contributed by atoms with Crippen LogP contribution in [0.5, 0.6) is 0 Å². The van der Waals surface area contributed by atoms with Crippen LogP contribution >= 0.6 is 11.8 Å². The summed E-state index contributed by atoms with van der Waals surface area (Å²) in [6.45, 7) is 4.43. The van der Waals surface area contributed by atoms with Gasteiger partial charge in [-0.05, 0) is 55.5 Å². The van der Waals surface area contributed by atoms with Crippen LogP contribution in [0.1, 0.15) is 35.5 Å². The van der Waals surface area contributed by atoms with E-state index >= 15 is 0 Å². The molecule has 5 rings (SSSR count). The minimum Gasteiger partial charge on any atom is -0.334 e. The van der Waals surface area contributed by atoms with Crippen molar-refractivity contribution in [3.8, 4) is 11.4 Å². The normalized spacial score (nSPS) is 15.9. The van der Waals surface area contributed by atoms with E-state index in [2.05, 4.69) is 10.5 Å². The van der Waals surface area contributed by atoms with Crippen LogP contribution in [0.3, 0.4) is 0 Å². The van der Waals surface area contributed by atoms with Gasteiger partial charge in [0.2, 0.25) is 5.82 Å². The highest BCUT2D eigenvalue weighted by Crippen LogP contribution is 2.38. The first-order valence-corrected chi connectivity index (χ1v) is 12.6. The zero-order valence-corrected chi connectivity index (χ0v) is 20.7. The zero-order valence-electron chi connectivity index (χ0n) is 19.9. The number of hydrogen-bond acceptors (Lipinski definition) is 5. The topological polar surface area (TPSA) is 71.3 Å². The van der Waals surface area contributed by atoms with Crippen molar-refractivity contribution in [3.05, 3.63) is 107 Å². The first-order chi connectivity index (χ1) is 17.0. The summed E-state index contributed by atoms with van der Waals surface area (Å²) in [5.41, 5.74) is 5.61. The largest absolute Gasteiger partial charge is 0.334 e. The molecule has 0 fully saturated rings. The molecular weight excluding hydrogens is 456 g/mol. The third-order valence-corrected chi connectivity index (χ3v) is 6.94. The molecule has 1 atom stereocenters. The minimum atomic E-state index is -0.401. The Morgan fingerprint density at radius 2 is 1.69 bits per heavy atom. The maximum atomic E-state index is 13.2. The number of allylic oxidation sites excluding steroid dienone is 1. The van der Waals surface area contributed by atoms with E-state index in [-0.39, 0.29) is 6.03 Å². The van der Waals surface area contributed by atoms with Crippen molar-refractivity contribution in [1.29, 1.82) is 0 Å². The van der Waals surface area contributed by atoms with Gasteiger partial charge in [0.1, 0.15) is 0 Å². The van der Waals surface area contributed by atoms with Gasteiger partial charge in [-0.15, -0.1) is 11.8 Å². The highest BCUT2D eigenvalue weighted by atomic mass is 32.2. The van der Waals surface area contributed by atoms with E-state index in [0.29, 0.717) is 18.3 Å². The number of benzene rings is 3. The Morgan fingerprint density at radius 1 is 0.971 bits per heavy atom. The Kier molecular flexibility index (Phi) is 6.42. The molecular formula is C28H26N4O2S. The molecule has 7 heteroatoms. The van der Waals surface area contributed by atoms with Crippen molar-refractivity contribution in [2.45, 2.75) is 31.3 Å². The van der Waals surface area contributed by atoms with E-state index in [0.717, 1.165) is 33.5 Å². The lowest BCUT2D eigenvalue weighted by atomic mass is 9.94. The Balaban J connectivity index is 1.57. The van der Waals surface area contributed by atoms with Gasteiger partial charge in [-0.3, -0.25) is 4.90 Å². The van der Waals surface area contributed by atoms with E-state index in [1.807, 2.05) is 99.0 Å². The summed E-state index contributed by atoms with van der Waals surface area (Å²) in [6.07, 6.45) is 2.04. The summed E-state index contributed by atoms with van der Waals surface area (Å²) in [4.78, 5) is 20.9. The van der Waals surface area contributed by atoms with E-state index in [1.165, 1.54) is 4.90 Å². The quantitative estimate of drug-likeness (QED) is 0.319. The standard InChI is InChI=1S/C28H26N4O2S/c1-18-9-11-21(12-10-18)25-24(19(2)32(28(33)29-25)17-20-7-5-4-6-8-20)27-30-26(31-34-27)22-13-15-23(35-3)16-14-22/h4-16,25H,17H2,1-3H3,(H,29,33). The number of aryl methyl sites for hydroxylation is 1. The number of carbonyl (C=O) groups is 1. The first-order valence-electron chi connectivity index (χ1n) is 11.4. The van der Waals surface area contributed by atoms with Gasteiger partial charge in [-0.25, -0.2) is 4.79 Å². The number of amides is 2. The van der Waals surface area contributed by atoms with Crippen LogP contribution in [0.25, 0.3) is 17.0 Å². The van der Waals surface area contributed by atoms with Gasteiger partial charge in [0.15, 0.2) is 0 Å². The number of nitrogens with one attached hydrogen (secondary N) is 1. The van der Waals surface area contributed by atoms with Crippen LogP contribution in [-0.4, -0.2) is 27.3 Å². The fraction of sp³-hybridized carbons (Fsp3) is 0.179. The molecule has 1 N–H and O–H groups in total. The van der Waals surface area contributed by atoms with Gasteiger partial charge in [0, 0.05) is 16.2 Å². The van der Waals surface area contributed by atoms with E-state index < -0.39 is 6.04 Å². The molecule has 2 amide bonds. The molecule has 6 nitrogen and oxygen atoms in total. The van der Waals surface area contributed by atoms with Crippen LogP contribution < -0.4 is 5.32 Å². The third kappa shape index (κ3) is 4.72. The Bertz CT molecular complexity index is 1360. The highest BCUT2D eigenvalue weighted by Gasteiger charge is 2.35. The van der Waals surface area contributed by atoms with Crippen LogP contribution in [-0.2, 0) is 6.54 Å². The number of carbonyl (C=O) groups excluding carboxylic acids is 1. The molecule has 3 aromatic carbocycles. The van der Waals surface area contributed by atoms with Crippen LogP contribution in [0, 0.1) is 6.92 Å². The summed E-state index contributed by atoms with van der Waals surface area (Å²) in [5.74, 6) is 0.914. The van der Waals surface area contributed by atoms with Gasteiger partial charge in [-0.2, -0.15) is 4.98 Å². The monoisotopic (exact) mass is 482 g/mol. The molecule has 0 radical (unpaired) electrons. The number of hydrogen-bond donors (Lipinski definition) is 1. The predicted molar refractivity (Wildman–Crippen MR) is 139 cm³/mol. The second-order valence-corrected chi connectivity index (χ2v) is 9.40. The molecule has 0 saturated carbocycles. The molecule has 2 heterocycles. The van der Waals surface area contributed by atoms with E-state index in [1.54, 1.807) is 16.7 Å². The number of rotatable bonds is 6. The second kappa shape index (κ2) is 9.80. The molecule has 0 saturated heterocycles. The van der Waals surface area contributed by atoms with Crippen LogP contribution in [0.15, 0.2) is 94.0 Å². The van der Waals surface area contributed by atoms with E-state index in [4.69, 9.17) is 9.51 Å².